The molecular formula is C21H27N3O4. The number of benzene rings is 1. The molecule has 0 saturated heterocycles. The SMILES string of the molecule is CCc1ccccc1Oc1ccc(NC(=O)[C@](C)(NC(=O)O)C(C)(C)C)cn1. The number of amides is 2. The fourth-order valence-corrected chi connectivity index (χ4v) is 2.58. The summed E-state index contributed by atoms with van der Waals surface area (Å²) in [6.45, 7) is 8.99. The summed E-state index contributed by atoms with van der Waals surface area (Å²) in [4.78, 5) is 28.2. The van der Waals surface area contributed by atoms with E-state index in [2.05, 4.69) is 15.6 Å². The minimum absolute atomic E-state index is 0.404. The molecule has 1 aromatic heterocycles. The Balaban J connectivity index is 2.15. The van der Waals surface area contributed by atoms with Gasteiger partial charge in [-0.25, -0.2) is 9.78 Å². The van der Waals surface area contributed by atoms with Crippen LogP contribution in [0.5, 0.6) is 11.6 Å². The second kappa shape index (κ2) is 8.29. The Morgan fingerprint density at radius 3 is 2.32 bits per heavy atom. The van der Waals surface area contributed by atoms with E-state index in [1.807, 2.05) is 31.2 Å². The van der Waals surface area contributed by atoms with Gasteiger partial charge in [0.1, 0.15) is 11.3 Å². The minimum Gasteiger partial charge on any atom is -0.465 e. The van der Waals surface area contributed by atoms with Gasteiger partial charge in [0.2, 0.25) is 5.88 Å². The van der Waals surface area contributed by atoms with E-state index in [-0.39, 0.29) is 0 Å². The van der Waals surface area contributed by atoms with E-state index in [0.29, 0.717) is 11.6 Å². The van der Waals surface area contributed by atoms with Gasteiger partial charge in [0.05, 0.1) is 11.9 Å². The van der Waals surface area contributed by atoms with Gasteiger partial charge < -0.3 is 20.5 Å². The molecule has 1 atom stereocenters. The Kier molecular flexibility index (Phi) is 6.28. The number of rotatable bonds is 6. The molecule has 0 aliphatic carbocycles. The summed E-state index contributed by atoms with van der Waals surface area (Å²) < 4.78 is 5.82. The van der Waals surface area contributed by atoms with Gasteiger partial charge in [-0.3, -0.25) is 4.79 Å². The number of aromatic nitrogens is 1. The van der Waals surface area contributed by atoms with Crippen molar-refractivity contribution in [3.05, 3.63) is 48.2 Å². The van der Waals surface area contributed by atoms with Crippen molar-refractivity contribution in [3.8, 4) is 11.6 Å². The fourth-order valence-electron chi connectivity index (χ4n) is 2.58. The maximum atomic E-state index is 12.8. The molecule has 2 amide bonds. The molecule has 2 aromatic rings. The van der Waals surface area contributed by atoms with Gasteiger partial charge in [-0.1, -0.05) is 45.9 Å². The highest BCUT2D eigenvalue weighted by atomic mass is 16.5. The molecule has 7 nitrogen and oxygen atoms in total. The average molecular weight is 385 g/mol. The van der Waals surface area contributed by atoms with Gasteiger partial charge in [0, 0.05) is 6.07 Å². The molecule has 0 spiro atoms. The van der Waals surface area contributed by atoms with Crippen molar-refractivity contribution in [2.75, 3.05) is 5.32 Å². The maximum Gasteiger partial charge on any atom is 0.405 e. The van der Waals surface area contributed by atoms with Crippen molar-refractivity contribution in [2.24, 2.45) is 5.41 Å². The Morgan fingerprint density at radius 2 is 1.79 bits per heavy atom. The van der Waals surface area contributed by atoms with E-state index in [0.717, 1.165) is 17.7 Å². The lowest BCUT2D eigenvalue weighted by molar-refractivity contribution is -0.125. The zero-order valence-electron chi connectivity index (χ0n) is 16.9. The molecule has 3 N–H and O–H groups in total. The third-order valence-electron chi connectivity index (χ3n) is 4.87. The van der Waals surface area contributed by atoms with E-state index in [1.54, 1.807) is 39.8 Å². The highest BCUT2D eigenvalue weighted by Crippen LogP contribution is 2.31. The maximum absolute atomic E-state index is 12.8. The Labute approximate surface area is 165 Å². The summed E-state index contributed by atoms with van der Waals surface area (Å²) in [5.41, 5.74) is -0.449. The van der Waals surface area contributed by atoms with Crippen LogP contribution in [0.1, 0.15) is 40.2 Å². The number of pyridine rings is 1. The van der Waals surface area contributed by atoms with Crippen LogP contribution in [0.25, 0.3) is 0 Å². The molecule has 28 heavy (non-hydrogen) atoms. The van der Waals surface area contributed by atoms with Crippen LogP contribution >= 0.6 is 0 Å². The van der Waals surface area contributed by atoms with Crippen LogP contribution in [-0.2, 0) is 11.2 Å². The molecule has 7 heteroatoms. The molecule has 0 saturated carbocycles. The number of carboxylic acid groups (broad SMARTS) is 1. The summed E-state index contributed by atoms with van der Waals surface area (Å²) in [5, 5.41) is 14.2. The lowest BCUT2D eigenvalue weighted by atomic mass is 9.74. The number of ether oxygens (including phenoxy) is 1. The first-order valence-electron chi connectivity index (χ1n) is 9.11. The fraction of sp³-hybridized carbons (Fsp3) is 0.381. The van der Waals surface area contributed by atoms with Crippen molar-refractivity contribution in [1.82, 2.24) is 10.3 Å². The summed E-state index contributed by atoms with van der Waals surface area (Å²) >= 11 is 0. The summed E-state index contributed by atoms with van der Waals surface area (Å²) in [5.74, 6) is 0.676. The quantitative estimate of drug-likeness (QED) is 0.682. The number of para-hydroxylation sites is 1. The molecule has 0 bridgehead atoms. The summed E-state index contributed by atoms with van der Waals surface area (Å²) in [6.07, 6.45) is 1.06. The number of hydrogen-bond acceptors (Lipinski definition) is 4. The van der Waals surface area contributed by atoms with Crippen molar-refractivity contribution >= 4 is 17.7 Å². The van der Waals surface area contributed by atoms with E-state index in [1.165, 1.54) is 6.20 Å². The normalized spacial score (nSPS) is 13.3. The monoisotopic (exact) mass is 385 g/mol. The summed E-state index contributed by atoms with van der Waals surface area (Å²) in [7, 11) is 0. The summed E-state index contributed by atoms with van der Waals surface area (Å²) in [6, 6.07) is 11.0. The predicted octanol–water partition coefficient (Wildman–Crippen LogP) is 4.45. The second-order valence-electron chi connectivity index (χ2n) is 7.71. The van der Waals surface area contributed by atoms with Crippen LogP contribution in [0.15, 0.2) is 42.6 Å². The second-order valence-corrected chi connectivity index (χ2v) is 7.71. The molecule has 0 radical (unpaired) electrons. The van der Waals surface area contributed by atoms with Gasteiger partial charge >= 0.3 is 6.09 Å². The molecule has 0 aliphatic rings. The van der Waals surface area contributed by atoms with Crippen LogP contribution < -0.4 is 15.4 Å². The van der Waals surface area contributed by atoms with E-state index in [4.69, 9.17) is 9.84 Å². The number of anilines is 1. The smallest absolute Gasteiger partial charge is 0.405 e. The van der Waals surface area contributed by atoms with Gasteiger partial charge in [-0.15, -0.1) is 0 Å². The molecule has 1 aromatic carbocycles. The third kappa shape index (κ3) is 4.79. The first kappa shape index (κ1) is 21.2. The molecule has 0 aliphatic heterocycles. The third-order valence-corrected chi connectivity index (χ3v) is 4.87. The van der Waals surface area contributed by atoms with Crippen molar-refractivity contribution < 1.29 is 19.4 Å². The van der Waals surface area contributed by atoms with Crippen LogP contribution in [0.3, 0.4) is 0 Å². The van der Waals surface area contributed by atoms with Gasteiger partial charge in [-0.2, -0.15) is 0 Å². The predicted molar refractivity (Wildman–Crippen MR) is 108 cm³/mol. The number of aryl methyl sites for hydroxylation is 1. The molecule has 1 heterocycles. The lowest BCUT2D eigenvalue weighted by Crippen LogP contribution is -2.62. The average Bonchev–Trinajstić information content (AvgIpc) is 2.62. The number of hydrogen-bond donors (Lipinski definition) is 3. The van der Waals surface area contributed by atoms with E-state index < -0.39 is 23.0 Å². The highest BCUT2D eigenvalue weighted by molar-refractivity contribution is 6.00. The molecule has 0 fully saturated rings. The number of carbonyl (C=O) groups is 2. The zero-order chi connectivity index (χ0) is 20.9. The van der Waals surface area contributed by atoms with Gasteiger partial charge in [0.25, 0.3) is 5.91 Å². The van der Waals surface area contributed by atoms with E-state index >= 15 is 0 Å². The van der Waals surface area contributed by atoms with Crippen molar-refractivity contribution in [3.63, 3.8) is 0 Å². The van der Waals surface area contributed by atoms with Crippen molar-refractivity contribution in [2.45, 2.75) is 46.6 Å². The van der Waals surface area contributed by atoms with E-state index in [9.17, 15) is 9.59 Å². The molecule has 0 unspecified atom stereocenters. The Hall–Kier alpha value is -3.09. The molecule has 2 rings (SSSR count). The Bertz CT molecular complexity index is 843. The largest absolute Gasteiger partial charge is 0.465 e. The number of nitrogens with one attached hydrogen (secondary N) is 2. The van der Waals surface area contributed by atoms with Crippen LogP contribution in [-0.4, -0.2) is 27.6 Å². The zero-order valence-corrected chi connectivity index (χ0v) is 16.9. The first-order chi connectivity index (χ1) is 13.1. The first-order valence-corrected chi connectivity index (χ1v) is 9.11. The van der Waals surface area contributed by atoms with Gasteiger partial charge in [-0.05, 0) is 36.5 Å². The van der Waals surface area contributed by atoms with Crippen LogP contribution in [0, 0.1) is 5.41 Å². The number of nitrogens with zero attached hydrogens (tertiary/aromatic N) is 1. The standard InChI is InChI=1S/C21H27N3O4/c1-6-14-9-7-8-10-16(14)28-17-12-11-15(13-22-17)23-18(25)21(5,20(2,3)4)24-19(26)27/h7-13,24H,6H2,1-5H3,(H,23,25)(H,26,27)/t21-/m0/s1. The number of carbonyl (C=O) groups excluding carboxylic acids is 1. The Morgan fingerprint density at radius 1 is 1.11 bits per heavy atom. The lowest BCUT2D eigenvalue weighted by Gasteiger charge is -2.40. The van der Waals surface area contributed by atoms with Crippen LogP contribution in [0.4, 0.5) is 10.5 Å². The van der Waals surface area contributed by atoms with Gasteiger partial charge in [0.15, 0.2) is 0 Å². The van der Waals surface area contributed by atoms with Crippen LogP contribution in [0.2, 0.25) is 0 Å². The minimum atomic E-state index is -1.33. The topological polar surface area (TPSA) is 101 Å². The van der Waals surface area contributed by atoms with Crippen molar-refractivity contribution in [1.29, 1.82) is 0 Å². The molecular weight excluding hydrogens is 358 g/mol. The molecule has 150 valence electrons. The highest BCUT2D eigenvalue weighted by Gasteiger charge is 2.45.